The van der Waals surface area contributed by atoms with Gasteiger partial charge in [0.05, 0.1) is 22.3 Å². The number of rotatable bonds is 4. The van der Waals surface area contributed by atoms with Gasteiger partial charge >= 0.3 is 0 Å². The van der Waals surface area contributed by atoms with Gasteiger partial charge in [-0.3, -0.25) is 14.7 Å². The summed E-state index contributed by atoms with van der Waals surface area (Å²) in [6, 6.07) is 21.7. The molecule has 35 heavy (non-hydrogen) atoms. The van der Waals surface area contributed by atoms with Crippen LogP contribution in [0.4, 0.5) is 5.82 Å². The van der Waals surface area contributed by atoms with Crippen molar-refractivity contribution in [2.45, 2.75) is 26.8 Å². The minimum absolute atomic E-state index is 0.153. The quantitative estimate of drug-likeness (QED) is 0.411. The van der Waals surface area contributed by atoms with E-state index in [0.717, 1.165) is 64.8 Å². The minimum Gasteiger partial charge on any atom is -0.306 e. The second-order valence-electron chi connectivity index (χ2n) is 8.95. The summed E-state index contributed by atoms with van der Waals surface area (Å²) < 4.78 is 1.70. The molecule has 0 bridgehead atoms. The zero-order chi connectivity index (χ0) is 23.9. The predicted molar refractivity (Wildman–Crippen MR) is 138 cm³/mol. The Balaban J connectivity index is 1.43. The van der Waals surface area contributed by atoms with Gasteiger partial charge in [0.15, 0.2) is 5.82 Å². The van der Waals surface area contributed by atoms with Crippen LogP contribution in [-0.2, 0) is 13.0 Å². The Bertz CT molecular complexity index is 1590. The van der Waals surface area contributed by atoms with Crippen LogP contribution in [0, 0.1) is 6.92 Å². The third-order valence-electron chi connectivity index (χ3n) is 6.67. The van der Waals surface area contributed by atoms with E-state index in [1.165, 1.54) is 0 Å². The Hall–Kier alpha value is -4.10. The third-order valence-corrected chi connectivity index (χ3v) is 6.67. The van der Waals surface area contributed by atoms with Gasteiger partial charge in [-0.2, -0.15) is 9.78 Å². The van der Waals surface area contributed by atoms with E-state index in [4.69, 9.17) is 9.97 Å². The average molecular weight is 463 g/mol. The molecule has 1 aliphatic heterocycles. The summed E-state index contributed by atoms with van der Waals surface area (Å²) in [4.78, 5) is 25.9. The van der Waals surface area contributed by atoms with E-state index in [1.807, 2.05) is 73.7 Å². The summed E-state index contributed by atoms with van der Waals surface area (Å²) in [5.41, 5.74) is 5.25. The highest BCUT2D eigenvalue weighted by molar-refractivity contribution is 6.13. The van der Waals surface area contributed by atoms with Crippen molar-refractivity contribution in [1.82, 2.24) is 24.6 Å². The fourth-order valence-corrected chi connectivity index (χ4v) is 4.89. The molecule has 1 amide bonds. The van der Waals surface area contributed by atoms with Crippen LogP contribution in [-0.4, -0.2) is 43.6 Å². The Morgan fingerprint density at radius 1 is 1.00 bits per heavy atom. The summed E-state index contributed by atoms with van der Waals surface area (Å²) in [5, 5.41) is 9.70. The normalized spacial score (nSPS) is 13.8. The molecule has 3 aromatic heterocycles. The van der Waals surface area contributed by atoms with Crippen molar-refractivity contribution in [1.29, 1.82) is 0 Å². The molecule has 7 nitrogen and oxygen atoms in total. The maximum atomic E-state index is 13.9. The lowest BCUT2D eigenvalue weighted by Gasteiger charge is -2.29. The molecule has 1 aliphatic rings. The number of anilines is 1. The van der Waals surface area contributed by atoms with Gasteiger partial charge in [-0.05, 0) is 37.7 Å². The molecule has 2 aromatic carbocycles. The minimum atomic E-state index is -0.153. The summed E-state index contributed by atoms with van der Waals surface area (Å²) in [5.74, 6) is 1.10. The van der Waals surface area contributed by atoms with E-state index < -0.39 is 0 Å². The van der Waals surface area contributed by atoms with E-state index in [2.05, 4.69) is 22.2 Å². The lowest BCUT2D eigenvalue weighted by atomic mass is 9.95. The van der Waals surface area contributed by atoms with Gasteiger partial charge in [0, 0.05) is 47.6 Å². The molecule has 0 spiro atoms. The summed E-state index contributed by atoms with van der Waals surface area (Å²) >= 11 is 0. The van der Waals surface area contributed by atoms with E-state index >= 15 is 0 Å². The van der Waals surface area contributed by atoms with Gasteiger partial charge in [-0.25, -0.2) is 4.98 Å². The predicted octanol–water partition coefficient (Wildman–Crippen LogP) is 4.91. The van der Waals surface area contributed by atoms with Crippen LogP contribution in [0.25, 0.3) is 27.6 Å². The summed E-state index contributed by atoms with van der Waals surface area (Å²) in [7, 11) is 0. The first-order valence-corrected chi connectivity index (χ1v) is 12.0. The number of carbonyl (C=O) groups excluding carboxylic acids is 1. The second-order valence-corrected chi connectivity index (χ2v) is 8.95. The van der Waals surface area contributed by atoms with Crippen LogP contribution in [0.15, 0.2) is 66.7 Å². The van der Waals surface area contributed by atoms with Crippen molar-refractivity contribution in [2.24, 2.45) is 0 Å². The van der Waals surface area contributed by atoms with Crippen molar-refractivity contribution >= 4 is 33.5 Å². The monoisotopic (exact) mass is 462 g/mol. The number of para-hydroxylation sites is 2. The molecule has 174 valence electrons. The number of carbonyl (C=O) groups is 1. The van der Waals surface area contributed by atoms with Crippen LogP contribution in [0.3, 0.4) is 0 Å². The summed E-state index contributed by atoms with van der Waals surface area (Å²) in [6.07, 6.45) is 0.840. The van der Waals surface area contributed by atoms with Crippen molar-refractivity contribution in [3.63, 3.8) is 0 Å². The second kappa shape index (κ2) is 8.60. The van der Waals surface area contributed by atoms with Crippen LogP contribution in [0.1, 0.15) is 34.2 Å². The standard InChI is InChI=1S/C28H26N6O/c1-3-33-15-14-24-21(17-33)27(20-9-5-7-11-23(20)29-24)28(35)31-26-16-18(2)32-34(26)25-13-12-19-8-4-6-10-22(19)30-25/h4-13,16H,3,14-15,17H2,1-2H3,(H,31,35). The molecular formula is C28H26N6O. The van der Waals surface area contributed by atoms with Crippen LogP contribution in [0.5, 0.6) is 0 Å². The molecule has 6 rings (SSSR count). The molecule has 7 heteroatoms. The van der Waals surface area contributed by atoms with Gasteiger partial charge in [0.2, 0.25) is 0 Å². The van der Waals surface area contributed by atoms with E-state index in [1.54, 1.807) is 4.68 Å². The first-order chi connectivity index (χ1) is 17.1. The topological polar surface area (TPSA) is 75.9 Å². The molecule has 4 heterocycles. The van der Waals surface area contributed by atoms with Gasteiger partial charge < -0.3 is 5.32 Å². The zero-order valence-electron chi connectivity index (χ0n) is 19.8. The number of benzene rings is 2. The number of hydrogen-bond donors (Lipinski definition) is 1. The number of nitrogens with zero attached hydrogens (tertiary/aromatic N) is 5. The molecule has 0 atom stereocenters. The van der Waals surface area contributed by atoms with E-state index in [-0.39, 0.29) is 5.91 Å². The fourth-order valence-electron chi connectivity index (χ4n) is 4.89. The number of hydrogen-bond acceptors (Lipinski definition) is 5. The molecule has 5 aromatic rings. The number of amides is 1. The van der Waals surface area contributed by atoms with Gasteiger partial charge in [-0.15, -0.1) is 0 Å². The Morgan fingerprint density at radius 2 is 1.80 bits per heavy atom. The first-order valence-electron chi connectivity index (χ1n) is 12.0. The number of pyridine rings is 2. The molecule has 0 aliphatic carbocycles. The van der Waals surface area contributed by atoms with E-state index in [9.17, 15) is 4.79 Å². The fraction of sp³-hybridized carbons (Fsp3) is 0.214. The van der Waals surface area contributed by atoms with E-state index in [0.29, 0.717) is 17.2 Å². The molecule has 0 fully saturated rings. The highest BCUT2D eigenvalue weighted by Crippen LogP contribution is 2.29. The molecule has 1 N–H and O–H groups in total. The van der Waals surface area contributed by atoms with Crippen LogP contribution >= 0.6 is 0 Å². The molecule has 0 saturated carbocycles. The largest absolute Gasteiger partial charge is 0.306 e. The smallest absolute Gasteiger partial charge is 0.257 e. The Morgan fingerprint density at radius 3 is 2.66 bits per heavy atom. The molecule has 0 radical (unpaired) electrons. The maximum absolute atomic E-state index is 13.9. The van der Waals surface area contributed by atoms with Gasteiger partial charge in [-0.1, -0.05) is 43.3 Å². The SMILES string of the molecule is CCN1CCc2nc3ccccc3c(C(=O)Nc3cc(C)nn3-c3ccc4ccccc4n3)c2C1. The number of fused-ring (bicyclic) bond motifs is 3. The lowest BCUT2D eigenvalue weighted by Crippen LogP contribution is -2.33. The highest BCUT2D eigenvalue weighted by Gasteiger charge is 2.26. The molecular weight excluding hydrogens is 436 g/mol. The maximum Gasteiger partial charge on any atom is 0.257 e. The highest BCUT2D eigenvalue weighted by atomic mass is 16.1. The van der Waals surface area contributed by atoms with Crippen LogP contribution in [0.2, 0.25) is 0 Å². The third kappa shape index (κ3) is 3.84. The first kappa shape index (κ1) is 21.4. The number of likely N-dealkylation sites (N-methyl/N-ethyl adjacent to an activating group) is 1. The van der Waals surface area contributed by atoms with Gasteiger partial charge in [0.1, 0.15) is 5.82 Å². The van der Waals surface area contributed by atoms with Crippen molar-refractivity contribution < 1.29 is 4.79 Å². The average Bonchev–Trinajstić information content (AvgIpc) is 3.26. The number of nitrogens with one attached hydrogen (secondary N) is 1. The van der Waals surface area contributed by atoms with Gasteiger partial charge in [0.25, 0.3) is 5.91 Å². The van der Waals surface area contributed by atoms with Crippen molar-refractivity contribution in [3.05, 3.63) is 89.2 Å². The Labute approximate surface area is 203 Å². The molecule has 0 unspecified atom stereocenters. The van der Waals surface area contributed by atoms with Crippen molar-refractivity contribution in [3.8, 4) is 5.82 Å². The van der Waals surface area contributed by atoms with Crippen molar-refractivity contribution in [2.75, 3.05) is 18.4 Å². The van der Waals surface area contributed by atoms with Crippen LogP contribution < -0.4 is 5.32 Å². The summed E-state index contributed by atoms with van der Waals surface area (Å²) in [6.45, 7) is 6.67. The zero-order valence-corrected chi connectivity index (χ0v) is 19.8. The Kier molecular flexibility index (Phi) is 5.26. The number of aromatic nitrogens is 4. The molecule has 0 saturated heterocycles. The lowest BCUT2D eigenvalue weighted by molar-refractivity contribution is 0.102. The number of aryl methyl sites for hydroxylation is 1.